The number of cyclic esters (lactones) is 2. The third-order valence-electron chi connectivity index (χ3n) is 5.53. The average molecular weight is 379 g/mol. The zero-order valence-corrected chi connectivity index (χ0v) is 17.7. The molecular formula is C24H42O3. The standard InChI is InChI=1S/C24H42O3/c1-2-3-4-5-6-7-8-9-10-11-12-13-14-15-16-17-18-19-20-22-21-23(25)27-24(22)26/h17-18,22H,2-16,19-21H2,1H3. The second-order valence-electron chi connectivity index (χ2n) is 8.13. The zero-order valence-electron chi connectivity index (χ0n) is 17.7. The first-order chi connectivity index (χ1) is 13.2. The number of hydrogen-bond donors (Lipinski definition) is 0. The predicted molar refractivity (Wildman–Crippen MR) is 113 cm³/mol. The van der Waals surface area contributed by atoms with E-state index in [0.29, 0.717) is 0 Å². The second kappa shape index (κ2) is 17.0. The normalized spacial score (nSPS) is 17.1. The number of carbonyl (C=O) groups excluding carboxylic acids is 2. The minimum atomic E-state index is -0.364. The molecule has 1 atom stereocenters. The Labute approximate surface area is 167 Å². The molecule has 3 nitrogen and oxygen atoms in total. The molecule has 1 heterocycles. The Balaban J connectivity index is 1.75. The summed E-state index contributed by atoms with van der Waals surface area (Å²) in [5, 5.41) is 0. The summed E-state index contributed by atoms with van der Waals surface area (Å²) in [5.74, 6) is -0.903. The van der Waals surface area contributed by atoms with E-state index in [1.807, 2.05) is 0 Å². The van der Waals surface area contributed by atoms with Crippen LogP contribution in [0.2, 0.25) is 0 Å². The first-order valence-corrected chi connectivity index (χ1v) is 11.6. The lowest BCUT2D eigenvalue weighted by atomic mass is 10.0. The molecule has 1 aliphatic heterocycles. The Morgan fingerprint density at radius 2 is 1.22 bits per heavy atom. The van der Waals surface area contributed by atoms with Gasteiger partial charge in [0.15, 0.2) is 0 Å². The fourth-order valence-corrected chi connectivity index (χ4v) is 3.73. The molecule has 27 heavy (non-hydrogen) atoms. The van der Waals surface area contributed by atoms with Crippen molar-refractivity contribution in [3.63, 3.8) is 0 Å². The lowest BCUT2D eigenvalue weighted by Crippen LogP contribution is -2.06. The summed E-state index contributed by atoms with van der Waals surface area (Å²) in [6.45, 7) is 2.28. The second-order valence-corrected chi connectivity index (χ2v) is 8.13. The van der Waals surface area contributed by atoms with Gasteiger partial charge >= 0.3 is 11.9 Å². The SMILES string of the molecule is CCCCCCCCCCCCCCCCC=CCCC1CC(=O)OC1=O. The predicted octanol–water partition coefficient (Wildman–Crippen LogP) is 7.28. The van der Waals surface area contributed by atoms with Gasteiger partial charge < -0.3 is 4.74 Å². The Morgan fingerprint density at radius 1 is 0.741 bits per heavy atom. The number of ether oxygens (including phenoxy) is 1. The van der Waals surface area contributed by atoms with E-state index in [9.17, 15) is 9.59 Å². The summed E-state index contributed by atoms with van der Waals surface area (Å²) in [5.41, 5.74) is 0. The Bertz CT molecular complexity index is 414. The van der Waals surface area contributed by atoms with E-state index in [2.05, 4.69) is 23.8 Å². The van der Waals surface area contributed by atoms with Crippen LogP contribution in [0.25, 0.3) is 0 Å². The van der Waals surface area contributed by atoms with Gasteiger partial charge in [-0.25, -0.2) is 0 Å². The zero-order chi connectivity index (χ0) is 19.6. The highest BCUT2D eigenvalue weighted by molar-refractivity contribution is 5.94. The van der Waals surface area contributed by atoms with E-state index >= 15 is 0 Å². The monoisotopic (exact) mass is 378 g/mol. The molecule has 0 spiro atoms. The number of rotatable bonds is 18. The van der Waals surface area contributed by atoms with E-state index in [1.54, 1.807) is 0 Å². The molecule has 0 radical (unpaired) electrons. The van der Waals surface area contributed by atoms with Crippen LogP contribution < -0.4 is 0 Å². The van der Waals surface area contributed by atoms with Gasteiger partial charge in [0.1, 0.15) is 0 Å². The number of unbranched alkanes of at least 4 members (excludes halogenated alkanes) is 14. The van der Waals surface area contributed by atoms with Crippen LogP contribution in [0.3, 0.4) is 0 Å². The van der Waals surface area contributed by atoms with Crippen LogP contribution in [0.4, 0.5) is 0 Å². The topological polar surface area (TPSA) is 43.4 Å². The van der Waals surface area contributed by atoms with Crippen molar-refractivity contribution < 1.29 is 14.3 Å². The fourth-order valence-electron chi connectivity index (χ4n) is 3.73. The van der Waals surface area contributed by atoms with Crippen molar-refractivity contribution in [1.82, 2.24) is 0 Å². The van der Waals surface area contributed by atoms with Crippen molar-refractivity contribution in [2.45, 2.75) is 122 Å². The summed E-state index contributed by atoms with van der Waals surface area (Å²) >= 11 is 0. The quantitative estimate of drug-likeness (QED) is 0.109. The molecule has 0 bridgehead atoms. The fraction of sp³-hybridized carbons (Fsp3) is 0.833. The van der Waals surface area contributed by atoms with Gasteiger partial charge in [-0.2, -0.15) is 0 Å². The molecule has 1 saturated heterocycles. The molecule has 156 valence electrons. The van der Waals surface area contributed by atoms with E-state index in [-0.39, 0.29) is 24.3 Å². The van der Waals surface area contributed by atoms with Gasteiger partial charge in [0.05, 0.1) is 12.3 Å². The van der Waals surface area contributed by atoms with Gasteiger partial charge in [-0.1, -0.05) is 103 Å². The van der Waals surface area contributed by atoms with Crippen LogP contribution >= 0.6 is 0 Å². The van der Waals surface area contributed by atoms with Crippen LogP contribution in [-0.2, 0) is 14.3 Å². The third-order valence-corrected chi connectivity index (χ3v) is 5.53. The van der Waals surface area contributed by atoms with Gasteiger partial charge in [-0.3, -0.25) is 9.59 Å². The smallest absolute Gasteiger partial charge is 0.317 e. The summed E-state index contributed by atoms with van der Waals surface area (Å²) < 4.78 is 4.56. The highest BCUT2D eigenvalue weighted by Crippen LogP contribution is 2.21. The molecule has 0 aromatic rings. The number of hydrogen-bond acceptors (Lipinski definition) is 3. The molecule has 0 aromatic heterocycles. The number of carbonyl (C=O) groups is 2. The van der Waals surface area contributed by atoms with Crippen LogP contribution in [0.1, 0.15) is 122 Å². The molecule has 0 aliphatic carbocycles. The molecule has 1 aliphatic rings. The lowest BCUT2D eigenvalue weighted by molar-refractivity contribution is -0.153. The van der Waals surface area contributed by atoms with Crippen molar-refractivity contribution in [2.24, 2.45) is 5.92 Å². The van der Waals surface area contributed by atoms with Crippen molar-refractivity contribution in [2.75, 3.05) is 0 Å². The van der Waals surface area contributed by atoms with E-state index in [0.717, 1.165) is 19.3 Å². The first-order valence-electron chi connectivity index (χ1n) is 11.6. The van der Waals surface area contributed by atoms with Crippen molar-refractivity contribution in [1.29, 1.82) is 0 Å². The molecule has 0 N–H and O–H groups in total. The lowest BCUT2D eigenvalue weighted by Gasteiger charge is -2.03. The highest BCUT2D eigenvalue weighted by Gasteiger charge is 2.32. The van der Waals surface area contributed by atoms with Gasteiger partial charge in [0, 0.05) is 0 Å². The maximum Gasteiger partial charge on any atom is 0.317 e. The minimum absolute atomic E-state index is 0.205. The number of esters is 2. The van der Waals surface area contributed by atoms with Crippen LogP contribution in [0, 0.1) is 5.92 Å². The van der Waals surface area contributed by atoms with E-state index in [1.165, 1.54) is 89.9 Å². The van der Waals surface area contributed by atoms with Crippen molar-refractivity contribution >= 4 is 11.9 Å². The van der Waals surface area contributed by atoms with Gasteiger partial charge in [-0.05, 0) is 25.7 Å². The van der Waals surface area contributed by atoms with Crippen molar-refractivity contribution in [3.8, 4) is 0 Å². The molecule has 0 amide bonds. The van der Waals surface area contributed by atoms with Gasteiger partial charge in [0.25, 0.3) is 0 Å². The van der Waals surface area contributed by atoms with Gasteiger partial charge in [-0.15, -0.1) is 0 Å². The van der Waals surface area contributed by atoms with Crippen molar-refractivity contribution in [3.05, 3.63) is 12.2 Å². The molecular weight excluding hydrogens is 336 g/mol. The Morgan fingerprint density at radius 3 is 1.70 bits per heavy atom. The van der Waals surface area contributed by atoms with Gasteiger partial charge in [0.2, 0.25) is 0 Å². The molecule has 0 saturated carbocycles. The Hall–Kier alpha value is -1.12. The summed E-state index contributed by atoms with van der Waals surface area (Å²) in [6.07, 6.45) is 26.9. The van der Waals surface area contributed by atoms with E-state index in [4.69, 9.17) is 0 Å². The summed E-state index contributed by atoms with van der Waals surface area (Å²) in [7, 11) is 0. The Kier molecular flexibility index (Phi) is 15.1. The van der Waals surface area contributed by atoms with Crippen LogP contribution in [0.15, 0.2) is 12.2 Å². The molecule has 3 heteroatoms. The summed E-state index contributed by atoms with van der Waals surface area (Å²) in [4.78, 5) is 22.3. The third kappa shape index (κ3) is 13.7. The highest BCUT2D eigenvalue weighted by atomic mass is 16.6. The number of allylic oxidation sites excluding steroid dienone is 2. The molecule has 1 unspecified atom stereocenters. The maximum atomic E-state index is 11.3. The maximum absolute atomic E-state index is 11.3. The molecule has 1 rings (SSSR count). The summed E-state index contributed by atoms with van der Waals surface area (Å²) in [6, 6.07) is 0. The van der Waals surface area contributed by atoms with E-state index < -0.39 is 0 Å². The molecule has 0 aromatic carbocycles. The average Bonchev–Trinajstić information content (AvgIpc) is 2.98. The minimum Gasteiger partial charge on any atom is -0.393 e. The van der Waals surface area contributed by atoms with Crippen LogP contribution in [0.5, 0.6) is 0 Å². The largest absolute Gasteiger partial charge is 0.393 e. The molecule has 1 fully saturated rings. The van der Waals surface area contributed by atoms with Crippen LogP contribution in [-0.4, -0.2) is 11.9 Å². The first kappa shape index (κ1) is 23.9.